The highest BCUT2D eigenvalue weighted by Gasteiger charge is 2.17. The molecule has 1 heterocycles. The van der Waals surface area contributed by atoms with Crippen molar-refractivity contribution in [2.24, 2.45) is 0 Å². The molecule has 0 saturated carbocycles. The summed E-state index contributed by atoms with van der Waals surface area (Å²) in [4.78, 5) is 0. The number of hydrogen-bond donors (Lipinski definition) is 0. The SMILES string of the molecule is [2H]c1c([2H])c([2H])c(-c2c([2H])c([2H])c([2H])c3oc4c([2H])c(-c5ccc(-c6c7ccccc7c(-c7ccccc7)c7ccccc67)cc5)c([2H])c([2H])c4c23)c([2H])c1[2H]. The fraction of sp³-hybridized carbons (Fsp3) is 0. The number of hydrogen-bond acceptors (Lipinski definition) is 1. The molecule has 1 nitrogen and oxygen atoms in total. The molecular weight excluding hydrogens is 544 g/mol. The molecule has 210 valence electrons. The van der Waals surface area contributed by atoms with E-state index in [1.165, 1.54) is 0 Å². The molecule has 9 aromatic rings. The van der Waals surface area contributed by atoms with Crippen molar-refractivity contribution in [1.29, 1.82) is 0 Å². The second-order valence-corrected chi connectivity index (χ2v) is 10.8. The second-order valence-electron chi connectivity index (χ2n) is 10.8. The number of furan rings is 1. The Hall–Kier alpha value is -5.92. The first-order valence-corrected chi connectivity index (χ1v) is 14.5. The van der Waals surface area contributed by atoms with Gasteiger partial charge in [-0.15, -0.1) is 0 Å². The average molecular weight is 584 g/mol. The van der Waals surface area contributed by atoms with Crippen molar-refractivity contribution >= 4 is 43.5 Å². The highest BCUT2D eigenvalue weighted by molar-refractivity contribution is 6.21. The van der Waals surface area contributed by atoms with Crippen LogP contribution < -0.4 is 0 Å². The van der Waals surface area contributed by atoms with Gasteiger partial charge in [0.05, 0.1) is 15.1 Å². The van der Waals surface area contributed by atoms with Gasteiger partial charge in [-0.25, -0.2) is 0 Å². The Morgan fingerprint density at radius 2 is 0.956 bits per heavy atom. The van der Waals surface area contributed by atoms with Gasteiger partial charge in [-0.3, -0.25) is 0 Å². The van der Waals surface area contributed by atoms with E-state index in [2.05, 4.69) is 36.4 Å². The molecule has 1 aromatic heterocycles. The third-order valence-corrected chi connectivity index (χ3v) is 8.28. The van der Waals surface area contributed by atoms with Gasteiger partial charge in [0.1, 0.15) is 11.2 Å². The zero-order valence-corrected chi connectivity index (χ0v) is 23.7. The maximum atomic E-state index is 9.31. The van der Waals surface area contributed by atoms with E-state index in [1.807, 2.05) is 54.6 Å². The third kappa shape index (κ3) is 4.17. The van der Waals surface area contributed by atoms with Crippen LogP contribution in [0.2, 0.25) is 0 Å². The van der Waals surface area contributed by atoms with Crippen LogP contribution in [0, 0.1) is 0 Å². The Labute approximate surface area is 277 Å². The molecule has 0 aliphatic rings. The van der Waals surface area contributed by atoms with Crippen LogP contribution in [-0.2, 0) is 0 Å². The normalized spacial score (nSPS) is 15.0. The van der Waals surface area contributed by atoms with Crippen LogP contribution in [0.4, 0.5) is 0 Å². The summed E-state index contributed by atoms with van der Waals surface area (Å²) < 4.78 is 102. The number of fused-ring (bicyclic) bond motifs is 5. The molecule has 0 aliphatic heterocycles. The Balaban J connectivity index is 1.27. The minimum absolute atomic E-state index is 0.0929. The summed E-state index contributed by atoms with van der Waals surface area (Å²) in [6.45, 7) is 0. The average Bonchev–Trinajstić information content (AvgIpc) is 3.62. The molecule has 0 unspecified atom stereocenters. The Morgan fingerprint density at radius 1 is 0.378 bits per heavy atom. The van der Waals surface area contributed by atoms with E-state index in [4.69, 9.17) is 15.4 Å². The molecule has 8 aromatic carbocycles. The van der Waals surface area contributed by atoms with Gasteiger partial charge in [0.2, 0.25) is 0 Å². The number of rotatable bonds is 4. The lowest BCUT2D eigenvalue weighted by atomic mass is 9.86. The van der Waals surface area contributed by atoms with Gasteiger partial charge in [0.15, 0.2) is 0 Å². The largest absolute Gasteiger partial charge is 0.456 e. The van der Waals surface area contributed by atoms with Gasteiger partial charge in [0, 0.05) is 10.8 Å². The minimum atomic E-state index is -0.657. The fourth-order valence-corrected chi connectivity index (χ4v) is 6.31. The van der Waals surface area contributed by atoms with Crippen LogP contribution >= 0.6 is 0 Å². The summed E-state index contributed by atoms with van der Waals surface area (Å²) in [5, 5.41) is 4.06. The van der Waals surface area contributed by atoms with Gasteiger partial charge in [0.25, 0.3) is 0 Å². The molecule has 0 atom stereocenters. The lowest BCUT2D eigenvalue weighted by Gasteiger charge is -2.18. The molecule has 0 radical (unpaired) electrons. The summed E-state index contributed by atoms with van der Waals surface area (Å²) in [5.74, 6) is 0. The maximum absolute atomic E-state index is 9.31. The standard InChI is InChI=1S/C44H28O/c1-3-12-30(13-4-1)34-20-11-21-40-44(34)39-27-26-33(28-41(39)45-40)29-22-24-32(25-23-29)43-37-18-9-7-16-35(37)42(31-14-5-2-6-15-31)36-17-8-10-19-38(36)43/h1-28H/i1D,3D,4D,11D,12D,13D,20D,21D,26D,27D,28D. The van der Waals surface area contributed by atoms with E-state index in [-0.39, 0.29) is 45.2 Å². The van der Waals surface area contributed by atoms with Crippen LogP contribution in [0.5, 0.6) is 0 Å². The van der Waals surface area contributed by atoms with E-state index >= 15 is 0 Å². The van der Waals surface area contributed by atoms with Gasteiger partial charge in [-0.1, -0.05) is 151 Å². The molecular formula is C44H28O. The van der Waals surface area contributed by atoms with Crippen LogP contribution in [0.15, 0.2) is 174 Å². The van der Waals surface area contributed by atoms with E-state index in [0.29, 0.717) is 5.56 Å². The van der Waals surface area contributed by atoms with Crippen LogP contribution in [0.25, 0.3) is 88.0 Å². The predicted molar refractivity (Wildman–Crippen MR) is 190 cm³/mol. The Kier molecular flexibility index (Phi) is 3.87. The molecule has 0 spiro atoms. The molecule has 45 heavy (non-hydrogen) atoms. The summed E-state index contributed by atoms with van der Waals surface area (Å²) in [7, 11) is 0. The van der Waals surface area contributed by atoms with Crippen molar-refractivity contribution in [3.05, 3.63) is 170 Å². The molecule has 0 saturated heterocycles. The highest BCUT2D eigenvalue weighted by Crippen LogP contribution is 2.44. The van der Waals surface area contributed by atoms with Crippen molar-refractivity contribution in [2.45, 2.75) is 0 Å². The van der Waals surface area contributed by atoms with Gasteiger partial charge in [-0.2, -0.15) is 0 Å². The smallest absolute Gasteiger partial charge is 0.136 e. The van der Waals surface area contributed by atoms with Crippen molar-refractivity contribution < 1.29 is 19.5 Å². The summed E-state index contributed by atoms with van der Waals surface area (Å²) in [6.07, 6.45) is 0. The third-order valence-electron chi connectivity index (χ3n) is 8.28. The first-order chi connectivity index (χ1) is 26.9. The van der Waals surface area contributed by atoms with Gasteiger partial charge < -0.3 is 4.42 Å². The molecule has 0 aliphatic carbocycles. The Morgan fingerprint density at radius 3 is 1.60 bits per heavy atom. The Bertz CT molecular complexity index is 3050. The monoisotopic (exact) mass is 583 g/mol. The zero-order chi connectivity index (χ0) is 39.3. The molecule has 0 bridgehead atoms. The van der Waals surface area contributed by atoms with Gasteiger partial charge in [-0.05, 0) is 84.2 Å². The topological polar surface area (TPSA) is 13.1 Å². The first-order valence-electron chi connectivity index (χ1n) is 20.0. The minimum Gasteiger partial charge on any atom is -0.456 e. The van der Waals surface area contributed by atoms with Crippen LogP contribution in [0.3, 0.4) is 0 Å². The maximum Gasteiger partial charge on any atom is 0.136 e. The first kappa shape index (κ1) is 16.8. The van der Waals surface area contributed by atoms with E-state index in [0.717, 1.165) is 43.8 Å². The molecule has 0 amide bonds. The van der Waals surface area contributed by atoms with E-state index in [1.54, 1.807) is 12.1 Å². The van der Waals surface area contributed by atoms with Crippen LogP contribution in [0.1, 0.15) is 15.1 Å². The molecule has 1 heteroatoms. The second kappa shape index (κ2) is 10.4. The van der Waals surface area contributed by atoms with Gasteiger partial charge >= 0.3 is 0 Å². The van der Waals surface area contributed by atoms with E-state index < -0.39 is 59.9 Å². The van der Waals surface area contributed by atoms with Crippen molar-refractivity contribution in [3.8, 4) is 44.5 Å². The summed E-state index contributed by atoms with van der Waals surface area (Å²) >= 11 is 0. The quantitative estimate of drug-likeness (QED) is 0.188. The van der Waals surface area contributed by atoms with Crippen LogP contribution in [-0.4, -0.2) is 0 Å². The lowest BCUT2D eigenvalue weighted by molar-refractivity contribution is 0.669. The summed E-state index contributed by atoms with van der Waals surface area (Å²) in [5.41, 5.74) is 3.58. The van der Waals surface area contributed by atoms with Crippen molar-refractivity contribution in [1.82, 2.24) is 0 Å². The van der Waals surface area contributed by atoms with Crippen molar-refractivity contribution in [3.63, 3.8) is 0 Å². The highest BCUT2D eigenvalue weighted by atomic mass is 16.3. The predicted octanol–water partition coefficient (Wildman–Crippen LogP) is 12.6. The number of benzene rings is 8. The van der Waals surface area contributed by atoms with Crippen molar-refractivity contribution in [2.75, 3.05) is 0 Å². The summed E-state index contributed by atoms with van der Waals surface area (Å²) in [6, 6.07) is 28.3. The molecule has 9 rings (SSSR count). The molecule has 0 N–H and O–H groups in total. The fourth-order valence-electron chi connectivity index (χ4n) is 6.31. The van der Waals surface area contributed by atoms with E-state index in [9.17, 15) is 4.11 Å². The zero-order valence-electron chi connectivity index (χ0n) is 34.7. The molecule has 0 fully saturated rings. The lowest BCUT2D eigenvalue weighted by Crippen LogP contribution is -1.90.